The number of esters is 1. The van der Waals surface area contributed by atoms with Crippen molar-refractivity contribution in [3.05, 3.63) is 65.2 Å². The normalized spacial score (nSPS) is 12.2. The van der Waals surface area contributed by atoms with Crippen LogP contribution in [0.25, 0.3) is 0 Å². The predicted octanol–water partition coefficient (Wildman–Crippen LogP) is 5.21. The Hall–Kier alpha value is -2.40. The minimum Gasteiger partial charge on any atom is -0.462 e. The molecule has 0 unspecified atom stereocenters. The summed E-state index contributed by atoms with van der Waals surface area (Å²) in [6, 6.07) is 16.2. The van der Waals surface area contributed by atoms with Gasteiger partial charge in [-0.2, -0.15) is 0 Å². The number of rotatable bonds is 7. The molecule has 5 heteroatoms. The number of nitrogens with one attached hydrogen (secondary N) is 2. The molecule has 2 rings (SSSR count). The summed E-state index contributed by atoms with van der Waals surface area (Å²) in [6.45, 7) is 10.6. The lowest BCUT2D eigenvalue weighted by Crippen LogP contribution is -2.39. The van der Waals surface area contributed by atoms with Crippen LogP contribution in [0.2, 0.25) is 0 Å². The van der Waals surface area contributed by atoms with Gasteiger partial charge in [0.25, 0.3) is 0 Å². The first-order valence-electron chi connectivity index (χ1n) is 9.64. The second-order valence-corrected chi connectivity index (χ2v) is 8.06. The van der Waals surface area contributed by atoms with Crippen LogP contribution in [0.1, 0.15) is 55.6 Å². The van der Waals surface area contributed by atoms with Gasteiger partial charge in [-0.3, -0.25) is 0 Å². The number of carbonyl (C=O) groups excluding carboxylic acids is 1. The van der Waals surface area contributed by atoms with Gasteiger partial charge in [-0.15, -0.1) is 0 Å². The Kier molecular flexibility index (Phi) is 7.58. The Balaban J connectivity index is 2.00. The maximum absolute atomic E-state index is 12.1. The van der Waals surface area contributed by atoms with Crippen molar-refractivity contribution in [3.8, 4) is 0 Å². The molecule has 0 saturated carbocycles. The Bertz CT molecular complexity index is 819. The molecule has 0 radical (unpaired) electrons. The van der Waals surface area contributed by atoms with Crippen LogP contribution >= 0.6 is 12.2 Å². The molecule has 28 heavy (non-hydrogen) atoms. The zero-order valence-electron chi connectivity index (χ0n) is 17.3. The molecule has 0 aliphatic heterocycles. The summed E-state index contributed by atoms with van der Waals surface area (Å²) in [6.07, 6.45) is 0.931. The molecular formula is C23H30N2O2S. The zero-order valence-corrected chi connectivity index (χ0v) is 18.2. The van der Waals surface area contributed by atoms with Crippen molar-refractivity contribution in [1.29, 1.82) is 0 Å². The second-order valence-electron chi connectivity index (χ2n) is 7.65. The van der Waals surface area contributed by atoms with Gasteiger partial charge in [0, 0.05) is 11.7 Å². The average Bonchev–Trinajstić information content (AvgIpc) is 2.63. The van der Waals surface area contributed by atoms with E-state index in [0.29, 0.717) is 17.3 Å². The summed E-state index contributed by atoms with van der Waals surface area (Å²) >= 11 is 5.50. The topological polar surface area (TPSA) is 50.4 Å². The van der Waals surface area contributed by atoms with E-state index in [-0.39, 0.29) is 17.4 Å². The van der Waals surface area contributed by atoms with Crippen molar-refractivity contribution < 1.29 is 9.53 Å². The summed E-state index contributed by atoms with van der Waals surface area (Å²) in [5.41, 5.74) is 3.51. The smallest absolute Gasteiger partial charge is 0.338 e. The van der Waals surface area contributed by atoms with E-state index in [1.54, 1.807) is 13.0 Å². The maximum atomic E-state index is 12.1. The summed E-state index contributed by atoms with van der Waals surface area (Å²) in [4.78, 5) is 12.1. The van der Waals surface area contributed by atoms with Crippen molar-refractivity contribution in [2.45, 2.75) is 52.5 Å². The average molecular weight is 399 g/mol. The number of ether oxygens (including phenoxy) is 1. The lowest BCUT2D eigenvalue weighted by molar-refractivity contribution is 0.0525. The molecule has 0 spiro atoms. The number of hydrogen-bond donors (Lipinski definition) is 2. The Labute approximate surface area is 173 Å². The van der Waals surface area contributed by atoms with Crippen LogP contribution in [0.4, 0.5) is 5.69 Å². The molecule has 150 valence electrons. The largest absolute Gasteiger partial charge is 0.462 e. The third-order valence-corrected chi connectivity index (χ3v) is 5.05. The van der Waals surface area contributed by atoms with Crippen molar-refractivity contribution in [2.75, 3.05) is 11.9 Å². The monoisotopic (exact) mass is 398 g/mol. The van der Waals surface area contributed by atoms with E-state index in [2.05, 4.69) is 55.7 Å². The third-order valence-electron chi connectivity index (χ3n) is 4.83. The molecular weight excluding hydrogens is 368 g/mol. The van der Waals surface area contributed by atoms with Crippen molar-refractivity contribution in [1.82, 2.24) is 5.32 Å². The van der Waals surface area contributed by atoms with Gasteiger partial charge < -0.3 is 15.4 Å². The Morgan fingerprint density at radius 3 is 2.46 bits per heavy atom. The van der Waals surface area contributed by atoms with Crippen LogP contribution in [-0.2, 0) is 10.2 Å². The number of benzene rings is 2. The van der Waals surface area contributed by atoms with Crippen molar-refractivity contribution in [3.63, 3.8) is 0 Å². The number of hydrogen-bond acceptors (Lipinski definition) is 3. The first-order chi connectivity index (χ1) is 13.2. The number of anilines is 1. The SMILES string of the molecule is CCOC(=O)c1cccc(NC(=S)N[C@H](C)CC(C)(C)c2ccccc2)c1C. The number of carbonyl (C=O) groups is 1. The van der Waals surface area contributed by atoms with Crippen LogP contribution in [0.3, 0.4) is 0 Å². The van der Waals surface area contributed by atoms with E-state index in [1.807, 2.05) is 25.1 Å². The van der Waals surface area contributed by atoms with Crippen LogP contribution in [0, 0.1) is 6.92 Å². The fraction of sp³-hybridized carbons (Fsp3) is 0.391. The van der Waals surface area contributed by atoms with Crippen molar-refractivity contribution in [2.24, 2.45) is 0 Å². The molecule has 0 saturated heterocycles. The summed E-state index contributed by atoms with van der Waals surface area (Å²) in [7, 11) is 0. The molecule has 2 aromatic rings. The van der Waals surface area contributed by atoms with Gasteiger partial charge in [-0.05, 0) is 68.1 Å². The Morgan fingerprint density at radius 1 is 1.14 bits per heavy atom. The molecule has 0 bridgehead atoms. The van der Waals surface area contributed by atoms with Gasteiger partial charge in [-0.1, -0.05) is 50.2 Å². The zero-order chi connectivity index (χ0) is 20.7. The van der Waals surface area contributed by atoms with E-state index in [9.17, 15) is 4.79 Å². The van der Waals surface area contributed by atoms with Crippen molar-refractivity contribution >= 4 is 29.0 Å². The third kappa shape index (κ3) is 5.80. The molecule has 1 atom stereocenters. The highest BCUT2D eigenvalue weighted by Gasteiger charge is 2.23. The molecule has 0 aliphatic carbocycles. The highest BCUT2D eigenvalue weighted by molar-refractivity contribution is 7.80. The summed E-state index contributed by atoms with van der Waals surface area (Å²) in [5.74, 6) is -0.319. The van der Waals surface area contributed by atoms with Gasteiger partial charge in [0.05, 0.1) is 12.2 Å². The van der Waals surface area contributed by atoms with Crippen LogP contribution in [0.15, 0.2) is 48.5 Å². The quantitative estimate of drug-likeness (QED) is 0.495. The summed E-state index contributed by atoms with van der Waals surface area (Å²) in [5, 5.41) is 7.12. The number of thiocarbonyl (C=S) groups is 1. The van der Waals surface area contributed by atoms with E-state index in [1.165, 1.54) is 5.56 Å². The minimum atomic E-state index is -0.319. The van der Waals surface area contributed by atoms with E-state index in [0.717, 1.165) is 17.7 Å². The molecule has 2 aromatic carbocycles. The van der Waals surface area contributed by atoms with Crippen LogP contribution in [-0.4, -0.2) is 23.7 Å². The van der Waals surface area contributed by atoms with E-state index in [4.69, 9.17) is 17.0 Å². The lowest BCUT2D eigenvalue weighted by Gasteiger charge is -2.30. The molecule has 4 nitrogen and oxygen atoms in total. The second kappa shape index (κ2) is 9.69. The molecule has 0 amide bonds. The van der Waals surface area contributed by atoms with Gasteiger partial charge in [0.1, 0.15) is 0 Å². The van der Waals surface area contributed by atoms with E-state index < -0.39 is 0 Å². The van der Waals surface area contributed by atoms with Gasteiger partial charge in [-0.25, -0.2) is 4.79 Å². The molecule has 0 heterocycles. The fourth-order valence-electron chi connectivity index (χ4n) is 3.41. The molecule has 0 aliphatic rings. The van der Waals surface area contributed by atoms with Gasteiger partial charge >= 0.3 is 5.97 Å². The van der Waals surface area contributed by atoms with Gasteiger partial charge in [0.2, 0.25) is 0 Å². The first kappa shape index (κ1) is 21.9. The van der Waals surface area contributed by atoms with Crippen LogP contribution < -0.4 is 10.6 Å². The highest BCUT2D eigenvalue weighted by atomic mass is 32.1. The Morgan fingerprint density at radius 2 is 1.82 bits per heavy atom. The van der Waals surface area contributed by atoms with Gasteiger partial charge in [0.15, 0.2) is 5.11 Å². The lowest BCUT2D eigenvalue weighted by atomic mass is 9.79. The van der Waals surface area contributed by atoms with E-state index >= 15 is 0 Å². The molecule has 0 aromatic heterocycles. The highest BCUT2D eigenvalue weighted by Crippen LogP contribution is 2.28. The molecule has 0 fully saturated rings. The van der Waals surface area contributed by atoms with Crippen LogP contribution in [0.5, 0.6) is 0 Å². The standard InChI is InChI=1S/C23H30N2O2S/c1-6-27-21(26)19-13-10-14-20(17(19)3)25-22(28)24-16(2)15-23(4,5)18-11-8-7-9-12-18/h7-14,16H,6,15H2,1-5H3,(H2,24,25,28)/t16-/m1/s1. The molecule has 2 N–H and O–H groups in total. The first-order valence-corrected chi connectivity index (χ1v) is 10.0. The maximum Gasteiger partial charge on any atom is 0.338 e. The minimum absolute atomic E-state index is 0.0308. The fourth-order valence-corrected chi connectivity index (χ4v) is 3.72. The summed E-state index contributed by atoms with van der Waals surface area (Å²) < 4.78 is 5.11. The predicted molar refractivity (Wildman–Crippen MR) is 120 cm³/mol.